The van der Waals surface area contributed by atoms with E-state index in [0.717, 1.165) is 5.92 Å². The third-order valence-electron chi connectivity index (χ3n) is 3.45. The Balaban J connectivity index is 2.15. The van der Waals surface area contributed by atoms with Crippen molar-refractivity contribution in [3.63, 3.8) is 0 Å². The smallest absolute Gasteiger partial charge is 0.0225 e. The van der Waals surface area contributed by atoms with Crippen LogP contribution in [-0.2, 0) is 0 Å². The van der Waals surface area contributed by atoms with Crippen molar-refractivity contribution in [3.05, 3.63) is 54.1 Å². The Kier molecular flexibility index (Phi) is 3.98. The molecule has 1 unspecified atom stereocenters. The molecule has 1 aliphatic rings. The minimum absolute atomic E-state index is 0.865. The molecule has 1 aromatic rings. The largest absolute Gasteiger partial charge is 0.0843 e. The maximum absolute atomic E-state index is 2.32. The maximum Gasteiger partial charge on any atom is -0.0225 e. The fourth-order valence-corrected chi connectivity index (χ4v) is 2.28. The Bertz CT molecular complexity index is 370. The highest BCUT2D eigenvalue weighted by molar-refractivity contribution is 5.67. The van der Waals surface area contributed by atoms with Crippen LogP contribution in [0.4, 0.5) is 0 Å². The van der Waals surface area contributed by atoms with Gasteiger partial charge in [-0.05, 0) is 36.3 Å². The molecular formula is C16H20. The maximum atomic E-state index is 2.32. The van der Waals surface area contributed by atoms with Gasteiger partial charge in [0.05, 0.1) is 0 Å². The highest BCUT2D eigenvalue weighted by atomic mass is 14.1. The molecule has 0 fully saturated rings. The molecule has 0 heteroatoms. The summed E-state index contributed by atoms with van der Waals surface area (Å²) >= 11 is 0. The van der Waals surface area contributed by atoms with Crippen LogP contribution < -0.4 is 0 Å². The van der Waals surface area contributed by atoms with Gasteiger partial charge in [0, 0.05) is 0 Å². The molecule has 0 bridgehead atoms. The SMILES string of the molecule is CCC1CC=CC=C(c2ccccc2)CC1. The first kappa shape index (κ1) is 11.2. The molecule has 84 valence electrons. The van der Waals surface area contributed by atoms with Gasteiger partial charge in [-0.15, -0.1) is 0 Å². The lowest BCUT2D eigenvalue weighted by Crippen LogP contribution is -1.99. The van der Waals surface area contributed by atoms with Crippen molar-refractivity contribution in [1.29, 1.82) is 0 Å². The average Bonchev–Trinajstić information content (AvgIpc) is 2.30. The zero-order valence-electron chi connectivity index (χ0n) is 10.0. The molecular weight excluding hydrogens is 192 g/mol. The summed E-state index contributed by atoms with van der Waals surface area (Å²) < 4.78 is 0. The lowest BCUT2D eigenvalue weighted by atomic mass is 9.89. The van der Waals surface area contributed by atoms with E-state index in [9.17, 15) is 0 Å². The van der Waals surface area contributed by atoms with Gasteiger partial charge in [-0.3, -0.25) is 0 Å². The zero-order chi connectivity index (χ0) is 11.2. The van der Waals surface area contributed by atoms with E-state index < -0.39 is 0 Å². The van der Waals surface area contributed by atoms with Crippen LogP contribution >= 0.6 is 0 Å². The summed E-state index contributed by atoms with van der Waals surface area (Å²) in [6.07, 6.45) is 11.9. The Morgan fingerprint density at radius 1 is 1.19 bits per heavy atom. The van der Waals surface area contributed by atoms with E-state index >= 15 is 0 Å². The molecule has 2 rings (SSSR count). The number of allylic oxidation sites excluding steroid dienone is 4. The van der Waals surface area contributed by atoms with Crippen molar-refractivity contribution in [3.8, 4) is 0 Å². The molecule has 0 nitrogen and oxygen atoms in total. The summed E-state index contributed by atoms with van der Waals surface area (Å²) in [4.78, 5) is 0. The van der Waals surface area contributed by atoms with Gasteiger partial charge in [0.2, 0.25) is 0 Å². The van der Waals surface area contributed by atoms with Crippen molar-refractivity contribution < 1.29 is 0 Å². The Morgan fingerprint density at radius 2 is 2.00 bits per heavy atom. The van der Waals surface area contributed by atoms with Gasteiger partial charge in [0.1, 0.15) is 0 Å². The van der Waals surface area contributed by atoms with E-state index in [1.807, 2.05) is 0 Å². The van der Waals surface area contributed by atoms with Crippen LogP contribution in [0.3, 0.4) is 0 Å². The Hall–Kier alpha value is -1.30. The number of hydrogen-bond donors (Lipinski definition) is 0. The predicted octanol–water partition coefficient (Wildman–Crippen LogP) is 4.84. The molecule has 0 N–H and O–H groups in total. The van der Waals surface area contributed by atoms with E-state index in [2.05, 4.69) is 55.5 Å². The van der Waals surface area contributed by atoms with E-state index in [4.69, 9.17) is 0 Å². The lowest BCUT2D eigenvalue weighted by Gasteiger charge is -2.16. The van der Waals surface area contributed by atoms with Crippen LogP contribution in [0.25, 0.3) is 5.57 Å². The van der Waals surface area contributed by atoms with Crippen molar-refractivity contribution in [2.45, 2.75) is 32.6 Å². The molecule has 1 atom stereocenters. The average molecular weight is 212 g/mol. The summed E-state index contributed by atoms with van der Waals surface area (Å²) in [5.41, 5.74) is 2.86. The number of hydrogen-bond acceptors (Lipinski definition) is 0. The van der Waals surface area contributed by atoms with Crippen molar-refractivity contribution in [2.24, 2.45) is 5.92 Å². The van der Waals surface area contributed by atoms with Crippen LogP contribution in [0.15, 0.2) is 48.6 Å². The molecule has 0 heterocycles. The van der Waals surface area contributed by atoms with E-state index in [1.165, 1.54) is 36.8 Å². The second-order valence-corrected chi connectivity index (χ2v) is 4.53. The van der Waals surface area contributed by atoms with Gasteiger partial charge in [0.15, 0.2) is 0 Å². The van der Waals surface area contributed by atoms with Crippen LogP contribution in [0.1, 0.15) is 38.2 Å². The second-order valence-electron chi connectivity index (χ2n) is 4.53. The minimum atomic E-state index is 0.865. The highest BCUT2D eigenvalue weighted by Crippen LogP contribution is 2.27. The van der Waals surface area contributed by atoms with Gasteiger partial charge in [-0.25, -0.2) is 0 Å². The predicted molar refractivity (Wildman–Crippen MR) is 71.2 cm³/mol. The standard InChI is InChI=1S/C16H20/c1-2-14-8-6-7-11-16(13-12-14)15-9-4-3-5-10-15/h3-7,9-11,14H,2,8,12-13H2,1H3. The molecule has 16 heavy (non-hydrogen) atoms. The first-order valence-electron chi connectivity index (χ1n) is 6.31. The summed E-state index contributed by atoms with van der Waals surface area (Å²) in [6, 6.07) is 10.7. The Morgan fingerprint density at radius 3 is 2.75 bits per heavy atom. The third kappa shape index (κ3) is 2.85. The van der Waals surface area contributed by atoms with Gasteiger partial charge >= 0.3 is 0 Å². The summed E-state index contributed by atoms with van der Waals surface area (Å²) in [5, 5.41) is 0. The van der Waals surface area contributed by atoms with Crippen molar-refractivity contribution >= 4 is 5.57 Å². The second kappa shape index (κ2) is 5.69. The van der Waals surface area contributed by atoms with Crippen LogP contribution in [-0.4, -0.2) is 0 Å². The summed E-state index contributed by atoms with van der Waals surface area (Å²) in [6.45, 7) is 2.30. The molecule has 0 amide bonds. The van der Waals surface area contributed by atoms with Crippen molar-refractivity contribution in [2.75, 3.05) is 0 Å². The number of benzene rings is 1. The third-order valence-corrected chi connectivity index (χ3v) is 3.45. The zero-order valence-corrected chi connectivity index (χ0v) is 10.0. The molecule has 0 spiro atoms. The fraction of sp³-hybridized carbons (Fsp3) is 0.375. The number of rotatable bonds is 2. The van der Waals surface area contributed by atoms with Gasteiger partial charge in [0.25, 0.3) is 0 Å². The van der Waals surface area contributed by atoms with Gasteiger partial charge in [-0.2, -0.15) is 0 Å². The van der Waals surface area contributed by atoms with Crippen LogP contribution in [0, 0.1) is 5.92 Å². The first-order valence-corrected chi connectivity index (χ1v) is 6.31. The molecule has 0 saturated heterocycles. The van der Waals surface area contributed by atoms with Crippen molar-refractivity contribution in [1.82, 2.24) is 0 Å². The molecule has 0 aromatic heterocycles. The molecule has 1 aromatic carbocycles. The Labute approximate surface area is 98.7 Å². The minimum Gasteiger partial charge on any atom is -0.0843 e. The fourth-order valence-electron chi connectivity index (χ4n) is 2.28. The molecule has 0 aliphatic heterocycles. The quantitative estimate of drug-likeness (QED) is 0.658. The highest BCUT2D eigenvalue weighted by Gasteiger charge is 2.08. The molecule has 0 saturated carbocycles. The van der Waals surface area contributed by atoms with E-state index in [1.54, 1.807) is 0 Å². The molecule has 0 radical (unpaired) electrons. The molecule has 1 aliphatic carbocycles. The lowest BCUT2D eigenvalue weighted by molar-refractivity contribution is 0.482. The van der Waals surface area contributed by atoms with E-state index in [-0.39, 0.29) is 0 Å². The first-order chi connectivity index (χ1) is 7.90. The van der Waals surface area contributed by atoms with Gasteiger partial charge in [-0.1, -0.05) is 61.9 Å². The van der Waals surface area contributed by atoms with Gasteiger partial charge < -0.3 is 0 Å². The monoisotopic (exact) mass is 212 g/mol. The van der Waals surface area contributed by atoms with Crippen LogP contribution in [0.2, 0.25) is 0 Å². The topological polar surface area (TPSA) is 0 Å². The van der Waals surface area contributed by atoms with E-state index in [0.29, 0.717) is 0 Å². The normalized spacial score (nSPS) is 21.1. The summed E-state index contributed by atoms with van der Waals surface area (Å²) in [7, 11) is 0. The van der Waals surface area contributed by atoms with Crippen LogP contribution in [0.5, 0.6) is 0 Å². The summed E-state index contributed by atoms with van der Waals surface area (Å²) in [5.74, 6) is 0.865.